The zero-order valence-corrected chi connectivity index (χ0v) is 10.9. The number of anilines is 1. The third-order valence-corrected chi connectivity index (χ3v) is 3.88. The molecule has 0 spiro atoms. The van der Waals surface area contributed by atoms with Gasteiger partial charge in [-0.25, -0.2) is 0 Å². The molecule has 0 saturated heterocycles. The Labute approximate surface area is 108 Å². The number of rotatable bonds is 3. The SMILES string of the molecule is CC1CCCC(N)(C(=O)Cc2cnccc2N)C1. The smallest absolute Gasteiger partial charge is 0.157 e. The highest BCUT2D eigenvalue weighted by Crippen LogP contribution is 2.32. The van der Waals surface area contributed by atoms with E-state index in [9.17, 15) is 4.79 Å². The molecule has 0 aliphatic heterocycles. The summed E-state index contributed by atoms with van der Waals surface area (Å²) in [5, 5.41) is 0. The molecule has 1 fully saturated rings. The van der Waals surface area contributed by atoms with Crippen LogP contribution in [0.2, 0.25) is 0 Å². The van der Waals surface area contributed by atoms with Gasteiger partial charge in [-0.15, -0.1) is 0 Å². The van der Waals surface area contributed by atoms with Crippen LogP contribution in [-0.4, -0.2) is 16.3 Å². The molecule has 1 aromatic heterocycles. The largest absolute Gasteiger partial charge is 0.398 e. The van der Waals surface area contributed by atoms with Gasteiger partial charge in [-0.3, -0.25) is 9.78 Å². The lowest BCUT2D eigenvalue weighted by Gasteiger charge is -2.35. The number of hydrogen-bond acceptors (Lipinski definition) is 4. The summed E-state index contributed by atoms with van der Waals surface area (Å²) in [6.07, 6.45) is 7.35. The van der Waals surface area contributed by atoms with E-state index >= 15 is 0 Å². The predicted molar refractivity (Wildman–Crippen MR) is 71.9 cm³/mol. The molecular weight excluding hydrogens is 226 g/mol. The van der Waals surface area contributed by atoms with Crippen molar-refractivity contribution in [2.45, 2.75) is 44.6 Å². The van der Waals surface area contributed by atoms with Crippen LogP contribution in [0, 0.1) is 5.92 Å². The quantitative estimate of drug-likeness (QED) is 0.851. The summed E-state index contributed by atoms with van der Waals surface area (Å²) >= 11 is 0. The Morgan fingerprint density at radius 3 is 3.06 bits per heavy atom. The van der Waals surface area contributed by atoms with Crippen LogP contribution in [0.25, 0.3) is 0 Å². The highest BCUT2D eigenvalue weighted by Gasteiger charge is 2.37. The van der Waals surface area contributed by atoms with Gasteiger partial charge in [0.15, 0.2) is 5.78 Å². The van der Waals surface area contributed by atoms with E-state index in [-0.39, 0.29) is 5.78 Å². The first-order valence-electron chi connectivity index (χ1n) is 6.52. The highest BCUT2D eigenvalue weighted by atomic mass is 16.1. The van der Waals surface area contributed by atoms with Crippen molar-refractivity contribution in [1.29, 1.82) is 0 Å². The first-order chi connectivity index (χ1) is 8.51. The molecular formula is C14H21N3O. The molecule has 0 bridgehead atoms. The molecule has 4 heteroatoms. The molecule has 98 valence electrons. The Balaban J connectivity index is 2.10. The lowest BCUT2D eigenvalue weighted by atomic mass is 9.73. The van der Waals surface area contributed by atoms with Crippen LogP contribution in [0.5, 0.6) is 0 Å². The number of pyridine rings is 1. The Morgan fingerprint density at radius 2 is 2.39 bits per heavy atom. The Kier molecular flexibility index (Phi) is 3.66. The maximum Gasteiger partial charge on any atom is 0.157 e. The zero-order chi connectivity index (χ0) is 13.2. The Morgan fingerprint density at radius 1 is 1.61 bits per heavy atom. The molecule has 2 atom stereocenters. The number of nitrogen functional groups attached to an aromatic ring is 1. The minimum absolute atomic E-state index is 0.0914. The molecule has 2 unspecified atom stereocenters. The van der Waals surface area contributed by atoms with Crippen molar-refractivity contribution in [3.8, 4) is 0 Å². The van der Waals surface area contributed by atoms with Gasteiger partial charge in [0.25, 0.3) is 0 Å². The van der Waals surface area contributed by atoms with Crippen LogP contribution in [-0.2, 0) is 11.2 Å². The Hall–Kier alpha value is -1.42. The molecule has 1 aliphatic rings. The van der Waals surface area contributed by atoms with E-state index in [1.165, 1.54) is 6.42 Å². The maximum absolute atomic E-state index is 12.4. The fourth-order valence-electron chi connectivity index (χ4n) is 2.78. The number of nitrogens with two attached hydrogens (primary N) is 2. The highest BCUT2D eigenvalue weighted by molar-refractivity contribution is 5.90. The predicted octanol–water partition coefficient (Wildman–Crippen LogP) is 1.68. The van der Waals surface area contributed by atoms with Gasteiger partial charge in [0.05, 0.1) is 5.54 Å². The van der Waals surface area contributed by atoms with Crippen molar-refractivity contribution >= 4 is 11.5 Å². The van der Waals surface area contributed by atoms with E-state index < -0.39 is 5.54 Å². The molecule has 0 aromatic carbocycles. The first-order valence-corrected chi connectivity index (χ1v) is 6.52. The number of Topliss-reactive ketones (excluding diaryl/α,β-unsaturated/α-hetero) is 1. The van der Waals surface area contributed by atoms with E-state index in [1.807, 2.05) is 0 Å². The van der Waals surface area contributed by atoms with Crippen LogP contribution in [0.1, 0.15) is 38.2 Å². The van der Waals surface area contributed by atoms with Crippen molar-refractivity contribution in [1.82, 2.24) is 4.98 Å². The summed E-state index contributed by atoms with van der Waals surface area (Å²) in [6, 6.07) is 1.72. The lowest BCUT2D eigenvalue weighted by molar-refractivity contribution is -0.125. The summed E-state index contributed by atoms with van der Waals surface area (Å²) in [6.45, 7) is 2.16. The van der Waals surface area contributed by atoms with Gasteiger partial charge in [-0.2, -0.15) is 0 Å². The van der Waals surface area contributed by atoms with Crippen molar-refractivity contribution in [2.24, 2.45) is 11.7 Å². The molecule has 0 radical (unpaired) electrons. The topological polar surface area (TPSA) is 82.0 Å². The molecule has 2 rings (SSSR count). The van der Waals surface area contributed by atoms with Gasteiger partial charge >= 0.3 is 0 Å². The van der Waals surface area contributed by atoms with Gasteiger partial charge in [-0.1, -0.05) is 19.8 Å². The van der Waals surface area contributed by atoms with Gasteiger partial charge in [0.1, 0.15) is 0 Å². The van der Waals surface area contributed by atoms with Crippen molar-refractivity contribution in [3.63, 3.8) is 0 Å². The average molecular weight is 247 g/mol. The fraction of sp³-hybridized carbons (Fsp3) is 0.571. The summed E-state index contributed by atoms with van der Waals surface area (Å²) in [5.74, 6) is 0.618. The maximum atomic E-state index is 12.4. The molecule has 1 heterocycles. The fourth-order valence-corrected chi connectivity index (χ4v) is 2.78. The normalized spacial score (nSPS) is 28.0. The van der Waals surface area contributed by atoms with Crippen LogP contribution in [0.4, 0.5) is 5.69 Å². The first kappa shape index (κ1) is 13.0. The third-order valence-electron chi connectivity index (χ3n) is 3.88. The number of carbonyl (C=O) groups is 1. The number of hydrogen-bond donors (Lipinski definition) is 2. The van der Waals surface area contributed by atoms with Crippen molar-refractivity contribution in [2.75, 3.05) is 5.73 Å². The van der Waals surface area contributed by atoms with E-state index in [1.54, 1.807) is 18.5 Å². The second-order valence-electron chi connectivity index (χ2n) is 5.53. The molecule has 4 nitrogen and oxygen atoms in total. The molecule has 0 amide bonds. The minimum Gasteiger partial charge on any atom is -0.398 e. The minimum atomic E-state index is -0.667. The number of carbonyl (C=O) groups excluding carboxylic acids is 1. The standard InChI is InChI=1S/C14H21N3O/c1-10-3-2-5-14(16,8-10)13(18)7-11-9-17-6-4-12(11)15/h4,6,9-10H,2-3,5,7-8,16H2,1H3,(H2,15,17). The molecule has 1 aliphatic carbocycles. The van der Waals surface area contributed by atoms with Crippen molar-refractivity contribution in [3.05, 3.63) is 24.0 Å². The second-order valence-corrected chi connectivity index (χ2v) is 5.53. The van der Waals surface area contributed by atoms with E-state index in [4.69, 9.17) is 11.5 Å². The molecule has 18 heavy (non-hydrogen) atoms. The second kappa shape index (κ2) is 5.06. The lowest BCUT2D eigenvalue weighted by Crippen LogP contribution is -2.51. The summed E-state index contributed by atoms with van der Waals surface area (Å²) < 4.78 is 0. The number of ketones is 1. The van der Waals surface area contributed by atoms with Gasteiger partial charge < -0.3 is 11.5 Å². The molecule has 1 saturated carbocycles. The summed E-state index contributed by atoms with van der Waals surface area (Å²) in [7, 11) is 0. The number of nitrogens with zero attached hydrogens (tertiary/aromatic N) is 1. The third kappa shape index (κ3) is 2.70. The van der Waals surface area contributed by atoms with Gasteiger partial charge in [0.2, 0.25) is 0 Å². The summed E-state index contributed by atoms with van der Waals surface area (Å²) in [4.78, 5) is 16.4. The van der Waals surface area contributed by atoms with Crippen LogP contribution in [0.3, 0.4) is 0 Å². The van der Waals surface area contributed by atoms with E-state index in [2.05, 4.69) is 11.9 Å². The van der Waals surface area contributed by atoms with Crippen LogP contribution in [0.15, 0.2) is 18.5 Å². The van der Waals surface area contributed by atoms with Gasteiger partial charge in [0, 0.05) is 30.1 Å². The molecule has 1 aromatic rings. The van der Waals surface area contributed by atoms with Crippen LogP contribution >= 0.6 is 0 Å². The monoisotopic (exact) mass is 247 g/mol. The van der Waals surface area contributed by atoms with E-state index in [0.29, 0.717) is 18.0 Å². The average Bonchev–Trinajstić information content (AvgIpc) is 2.31. The van der Waals surface area contributed by atoms with Crippen LogP contribution < -0.4 is 11.5 Å². The zero-order valence-electron chi connectivity index (χ0n) is 10.9. The molecule has 4 N–H and O–H groups in total. The Bertz CT molecular complexity index is 446. The van der Waals surface area contributed by atoms with E-state index in [0.717, 1.165) is 24.8 Å². The summed E-state index contributed by atoms with van der Waals surface area (Å²) in [5.41, 5.74) is 12.8. The van der Waals surface area contributed by atoms with Crippen molar-refractivity contribution < 1.29 is 4.79 Å². The number of aromatic nitrogens is 1. The van der Waals surface area contributed by atoms with Gasteiger partial charge in [-0.05, 0) is 24.8 Å².